The average molecular weight is 780 g/mol. The molecule has 0 saturated carbocycles. The number of pyridine rings is 1. The molecule has 3 aromatic carbocycles. The number of sulfonamides is 1. The molecule has 12 nitrogen and oxygen atoms in total. The van der Waals surface area contributed by atoms with Crippen LogP contribution >= 0.6 is 46.4 Å². The summed E-state index contributed by atoms with van der Waals surface area (Å²) < 4.78 is 29.4. The number of aromatic carboxylic acids is 1. The quantitative estimate of drug-likeness (QED) is 0.168. The van der Waals surface area contributed by atoms with Crippen molar-refractivity contribution in [1.29, 1.82) is 0 Å². The lowest BCUT2D eigenvalue weighted by molar-refractivity contribution is -0.154. The van der Waals surface area contributed by atoms with Crippen molar-refractivity contribution in [2.75, 3.05) is 6.54 Å². The smallest absolute Gasteiger partial charge is 0.335 e. The number of rotatable bonds is 10. The molecule has 17 heteroatoms. The number of hydrogen-bond donors (Lipinski definition) is 3. The Balaban J connectivity index is 1.67. The highest BCUT2D eigenvalue weighted by Gasteiger charge is 2.50. The molecule has 2 heterocycles. The lowest BCUT2D eigenvalue weighted by Gasteiger charge is -2.35. The third kappa shape index (κ3) is 7.88. The van der Waals surface area contributed by atoms with E-state index in [1.54, 1.807) is 30.3 Å². The highest BCUT2D eigenvalue weighted by molar-refractivity contribution is 7.89. The number of amides is 2. The van der Waals surface area contributed by atoms with Gasteiger partial charge in [-0.3, -0.25) is 20.0 Å². The maximum atomic E-state index is 14.9. The number of carboxylic acid groups (broad SMARTS) is 2. The van der Waals surface area contributed by atoms with Crippen LogP contribution in [0.2, 0.25) is 20.1 Å². The number of carbonyl (C=O) groups excluding carboxylic acids is 2. The summed E-state index contributed by atoms with van der Waals surface area (Å²) in [6.45, 7) is -0.228. The summed E-state index contributed by atoms with van der Waals surface area (Å²) in [6.07, 6.45) is 2.01. The number of hydrogen-bond acceptors (Lipinski definition) is 7. The van der Waals surface area contributed by atoms with Crippen LogP contribution in [0.3, 0.4) is 0 Å². The van der Waals surface area contributed by atoms with E-state index in [2.05, 4.69) is 10.4 Å². The molecular formula is C33H26Cl4N4O8S. The van der Waals surface area contributed by atoms with E-state index < -0.39 is 51.8 Å². The Morgan fingerprint density at radius 1 is 0.900 bits per heavy atom. The minimum absolute atomic E-state index is 0.00718. The van der Waals surface area contributed by atoms with Gasteiger partial charge in [-0.05, 0) is 47.9 Å². The molecule has 0 radical (unpaired) electrons. The van der Waals surface area contributed by atoms with E-state index in [1.807, 2.05) is 0 Å². The zero-order chi connectivity index (χ0) is 36.3. The molecular weight excluding hydrogens is 754 g/mol. The number of halogens is 4. The second-order valence-electron chi connectivity index (χ2n) is 11.2. The number of nitrogens with one attached hydrogen (secondary N) is 1. The van der Waals surface area contributed by atoms with E-state index in [1.165, 1.54) is 30.3 Å². The van der Waals surface area contributed by atoms with E-state index in [0.29, 0.717) is 16.1 Å². The van der Waals surface area contributed by atoms with Crippen molar-refractivity contribution in [3.63, 3.8) is 0 Å². The lowest BCUT2D eigenvalue weighted by atomic mass is 9.90. The Morgan fingerprint density at radius 2 is 1.50 bits per heavy atom. The number of aliphatic carboxylic acids is 1. The van der Waals surface area contributed by atoms with E-state index >= 15 is 0 Å². The van der Waals surface area contributed by atoms with E-state index in [4.69, 9.17) is 46.4 Å². The number of benzene rings is 3. The van der Waals surface area contributed by atoms with Gasteiger partial charge in [0.05, 0.1) is 26.1 Å². The number of hydrazine groups is 1. The molecule has 4 aromatic rings. The van der Waals surface area contributed by atoms with Crippen molar-refractivity contribution in [1.82, 2.24) is 19.7 Å². The zero-order valence-electron chi connectivity index (χ0n) is 25.5. The standard InChI is InChI=1S/C33H26Cl4N4O8S/c34-21-13-22(35)15-23(14-21)50(48,49)40-11-10-24(19-6-8-20(9-7-19)32(44)45)29(40)31(43)41(27(33(46)47)12-18-4-2-1-3-5-18)39-30(42)28-25(36)16-38-17-26(28)37/h1-9,13-17,24,27,29H,10-12H2,(H,39,42)(H,44,45)(H,46,47)/t24-,27+,29?/m1/s1. The Bertz CT molecular complexity index is 2030. The van der Waals surface area contributed by atoms with Gasteiger partial charge in [-0.25, -0.2) is 23.0 Å². The van der Waals surface area contributed by atoms with Gasteiger partial charge in [0.2, 0.25) is 10.0 Å². The second kappa shape index (κ2) is 15.3. The van der Waals surface area contributed by atoms with Gasteiger partial charge in [0.15, 0.2) is 6.04 Å². The molecule has 3 N–H and O–H groups in total. The number of carboxylic acids is 2. The summed E-state index contributed by atoms with van der Waals surface area (Å²) in [4.78, 5) is 56.6. The highest BCUT2D eigenvalue weighted by Crippen LogP contribution is 2.39. The maximum absolute atomic E-state index is 14.9. The molecule has 0 aliphatic carbocycles. The first-order chi connectivity index (χ1) is 23.7. The van der Waals surface area contributed by atoms with Gasteiger partial charge < -0.3 is 10.2 Å². The number of nitrogens with zero attached hydrogens (tertiary/aromatic N) is 3. The van der Waals surface area contributed by atoms with Gasteiger partial charge in [-0.15, -0.1) is 0 Å². The van der Waals surface area contributed by atoms with Gasteiger partial charge in [-0.2, -0.15) is 4.31 Å². The predicted octanol–water partition coefficient (Wildman–Crippen LogP) is 5.81. The fourth-order valence-corrected chi connectivity index (χ4v) is 8.61. The summed E-state index contributed by atoms with van der Waals surface area (Å²) in [5.41, 5.74) is 2.85. The Hall–Kier alpha value is -4.24. The van der Waals surface area contributed by atoms with Crippen LogP contribution in [0.25, 0.3) is 0 Å². The fourth-order valence-electron chi connectivity index (χ4n) is 5.71. The van der Waals surface area contributed by atoms with E-state index in [9.17, 15) is 37.8 Å². The summed E-state index contributed by atoms with van der Waals surface area (Å²) in [5, 5.41) is 20.1. The summed E-state index contributed by atoms with van der Waals surface area (Å²) >= 11 is 24.7. The molecule has 0 bridgehead atoms. The molecule has 1 aliphatic rings. The van der Waals surface area contributed by atoms with Crippen LogP contribution in [0.5, 0.6) is 0 Å². The van der Waals surface area contributed by atoms with Crippen LogP contribution in [-0.2, 0) is 26.0 Å². The first-order valence-corrected chi connectivity index (χ1v) is 17.6. The van der Waals surface area contributed by atoms with Gasteiger partial charge in [-0.1, -0.05) is 88.9 Å². The van der Waals surface area contributed by atoms with Crippen LogP contribution in [0, 0.1) is 0 Å². The molecule has 2 amide bonds. The molecule has 1 aliphatic heterocycles. The average Bonchev–Trinajstić information content (AvgIpc) is 3.52. The summed E-state index contributed by atoms with van der Waals surface area (Å²) in [7, 11) is -4.56. The van der Waals surface area contributed by atoms with Crippen LogP contribution in [0.1, 0.15) is 44.2 Å². The molecule has 5 rings (SSSR count). The van der Waals surface area contributed by atoms with Crippen molar-refractivity contribution in [3.05, 3.63) is 128 Å². The topological polar surface area (TPSA) is 174 Å². The Morgan fingerprint density at radius 3 is 2.06 bits per heavy atom. The van der Waals surface area contributed by atoms with E-state index in [-0.39, 0.29) is 55.5 Å². The molecule has 1 saturated heterocycles. The van der Waals surface area contributed by atoms with Crippen molar-refractivity contribution in [2.24, 2.45) is 0 Å². The molecule has 50 heavy (non-hydrogen) atoms. The van der Waals surface area contributed by atoms with Crippen LogP contribution in [0.4, 0.5) is 0 Å². The van der Waals surface area contributed by atoms with Crippen molar-refractivity contribution < 1.29 is 37.8 Å². The van der Waals surface area contributed by atoms with Crippen LogP contribution < -0.4 is 5.43 Å². The summed E-state index contributed by atoms with van der Waals surface area (Å²) in [6, 6.07) is 14.0. The van der Waals surface area contributed by atoms with Gasteiger partial charge >= 0.3 is 11.9 Å². The molecule has 3 atom stereocenters. The number of carbonyl (C=O) groups is 4. The maximum Gasteiger partial charge on any atom is 0.335 e. The molecule has 0 spiro atoms. The SMILES string of the molecule is O=C(O)c1ccc([C@H]2CCN(S(=O)(=O)c3cc(Cl)cc(Cl)c3)C2C(=O)N(NC(=O)c2c(Cl)cncc2Cl)[C@@H](Cc2ccccc2)C(=O)O)cc1. The normalized spacial score (nSPS) is 16.8. The second-order valence-corrected chi connectivity index (χ2v) is 14.7. The van der Waals surface area contributed by atoms with Gasteiger partial charge in [0.1, 0.15) is 6.04 Å². The Labute approximate surface area is 306 Å². The first kappa shape index (κ1) is 37.0. The van der Waals surface area contributed by atoms with Crippen molar-refractivity contribution in [2.45, 2.75) is 35.7 Å². The predicted molar refractivity (Wildman–Crippen MR) is 185 cm³/mol. The summed E-state index contributed by atoms with van der Waals surface area (Å²) in [5.74, 6) is -5.83. The van der Waals surface area contributed by atoms with E-state index in [0.717, 1.165) is 28.8 Å². The largest absolute Gasteiger partial charge is 0.480 e. The third-order valence-electron chi connectivity index (χ3n) is 8.04. The van der Waals surface area contributed by atoms with Crippen LogP contribution in [-0.4, -0.2) is 75.3 Å². The fraction of sp³-hybridized carbons (Fsp3) is 0.182. The minimum atomic E-state index is -4.56. The molecule has 1 unspecified atom stereocenters. The minimum Gasteiger partial charge on any atom is -0.480 e. The highest BCUT2D eigenvalue weighted by atomic mass is 35.5. The van der Waals surface area contributed by atoms with Gasteiger partial charge in [0.25, 0.3) is 11.8 Å². The van der Waals surface area contributed by atoms with Crippen LogP contribution in [0.15, 0.2) is 90.1 Å². The first-order valence-electron chi connectivity index (χ1n) is 14.7. The van der Waals surface area contributed by atoms with Crippen molar-refractivity contribution in [3.8, 4) is 0 Å². The van der Waals surface area contributed by atoms with Crippen molar-refractivity contribution >= 4 is 80.2 Å². The molecule has 1 fully saturated rings. The number of aromatic nitrogens is 1. The zero-order valence-corrected chi connectivity index (χ0v) is 29.4. The Kier molecular flexibility index (Phi) is 11.4. The lowest BCUT2D eigenvalue weighted by Crippen LogP contribution is -2.61. The van der Waals surface area contributed by atoms with Gasteiger partial charge in [0, 0.05) is 41.3 Å². The molecule has 260 valence electrons. The third-order valence-corrected chi connectivity index (χ3v) is 10.9. The monoisotopic (exact) mass is 778 g/mol. The molecule has 1 aromatic heterocycles.